The Morgan fingerprint density at radius 2 is 1.89 bits per heavy atom. The lowest BCUT2D eigenvalue weighted by Gasteiger charge is -2.19. The first-order valence-electron chi connectivity index (χ1n) is 5.76. The van der Waals surface area contributed by atoms with Crippen molar-refractivity contribution in [2.24, 2.45) is 11.8 Å². The smallest absolute Gasteiger partial charge is 0.234 e. The monoisotopic (exact) mass is 249 g/mol. The number of rotatable bonds is 1. The fourth-order valence-corrected chi connectivity index (χ4v) is 2.69. The van der Waals surface area contributed by atoms with Crippen molar-refractivity contribution in [1.82, 2.24) is 9.88 Å². The Hall–Kier alpha value is -1.98. The molecule has 3 heterocycles. The van der Waals surface area contributed by atoms with Crippen LogP contribution in [0.3, 0.4) is 0 Å². The summed E-state index contributed by atoms with van der Waals surface area (Å²) in [6.45, 7) is 0.709. The fourth-order valence-electron chi connectivity index (χ4n) is 2.69. The number of hydrogen-bond acceptors (Lipinski definition) is 4. The lowest BCUT2D eigenvalue weighted by atomic mass is 10.00. The number of nitrogens with zero attached hydrogens (tertiary/aromatic N) is 3. The number of imide groups is 1. The lowest BCUT2D eigenvalue weighted by Crippen LogP contribution is -2.33. The zero-order valence-corrected chi connectivity index (χ0v) is 9.84. The van der Waals surface area contributed by atoms with Gasteiger partial charge in [0, 0.05) is 26.3 Å². The number of fused-ring (bicyclic) bond motifs is 1. The summed E-state index contributed by atoms with van der Waals surface area (Å²) >= 11 is 0. The quantitative estimate of drug-likeness (QED) is 0.670. The van der Waals surface area contributed by atoms with E-state index in [0.717, 1.165) is 0 Å². The molecule has 3 rings (SSSR count). The highest BCUT2D eigenvalue weighted by Crippen LogP contribution is 2.35. The second kappa shape index (κ2) is 3.76. The van der Waals surface area contributed by atoms with Crippen molar-refractivity contribution in [2.45, 2.75) is 0 Å². The Morgan fingerprint density at radius 1 is 1.28 bits per heavy atom. The molecule has 0 saturated carbocycles. The van der Waals surface area contributed by atoms with E-state index in [2.05, 4.69) is 4.98 Å². The Bertz CT molecular complexity index is 510. The van der Waals surface area contributed by atoms with Crippen molar-refractivity contribution in [2.75, 3.05) is 25.0 Å². The molecule has 0 radical (unpaired) electrons. The highest BCUT2D eigenvalue weighted by molar-refractivity contribution is 6.06. The number of likely N-dealkylation sites (tertiary alicyclic amines) is 1. The summed E-state index contributed by atoms with van der Waals surface area (Å²) in [5.41, 5.74) is 0. The second-order valence-corrected chi connectivity index (χ2v) is 4.66. The number of aromatic nitrogens is 1. The Balaban J connectivity index is 1.88. The molecule has 0 unspecified atom stereocenters. The maximum atomic E-state index is 13.6. The molecule has 0 bridgehead atoms. The molecule has 0 aliphatic carbocycles. The number of pyridine rings is 1. The van der Waals surface area contributed by atoms with E-state index < -0.39 is 5.82 Å². The highest BCUT2D eigenvalue weighted by Gasteiger charge is 2.51. The van der Waals surface area contributed by atoms with Gasteiger partial charge in [0.25, 0.3) is 0 Å². The van der Waals surface area contributed by atoms with Crippen molar-refractivity contribution in [3.63, 3.8) is 0 Å². The molecule has 1 aromatic heterocycles. The third-order valence-electron chi connectivity index (χ3n) is 3.65. The van der Waals surface area contributed by atoms with Crippen LogP contribution in [0.25, 0.3) is 0 Å². The molecule has 5 nitrogen and oxygen atoms in total. The fraction of sp³-hybridized carbons (Fsp3) is 0.417. The van der Waals surface area contributed by atoms with Crippen LogP contribution in [-0.4, -0.2) is 41.8 Å². The predicted octanol–water partition coefficient (Wildman–Crippen LogP) is 0.272. The molecule has 6 heteroatoms. The number of carbonyl (C=O) groups excluding carboxylic acids is 2. The topological polar surface area (TPSA) is 53.5 Å². The summed E-state index contributed by atoms with van der Waals surface area (Å²) in [5, 5.41) is 0. The zero-order valence-electron chi connectivity index (χ0n) is 9.84. The largest absolute Gasteiger partial charge is 0.353 e. The van der Waals surface area contributed by atoms with Crippen LogP contribution in [0.15, 0.2) is 18.3 Å². The summed E-state index contributed by atoms with van der Waals surface area (Å²) in [7, 11) is 1.49. The lowest BCUT2D eigenvalue weighted by molar-refractivity contribution is -0.138. The molecule has 18 heavy (non-hydrogen) atoms. The average molecular weight is 249 g/mol. The SMILES string of the molecule is CN1C(=O)[C@H]2CN(c3ncccc3F)C[C@H]2C1=O. The summed E-state index contributed by atoms with van der Waals surface area (Å²) in [5.74, 6) is -1.28. The van der Waals surface area contributed by atoms with E-state index in [1.54, 1.807) is 4.90 Å². The van der Waals surface area contributed by atoms with Crippen LogP contribution in [0, 0.1) is 17.7 Å². The van der Waals surface area contributed by atoms with Crippen LogP contribution in [0.4, 0.5) is 10.2 Å². The first-order chi connectivity index (χ1) is 8.59. The van der Waals surface area contributed by atoms with Gasteiger partial charge >= 0.3 is 0 Å². The minimum atomic E-state index is -0.425. The maximum absolute atomic E-state index is 13.6. The van der Waals surface area contributed by atoms with E-state index in [1.165, 1.54) is 30.3 Å². The van der Waals surface area contributed by atoms with Crippen molar-refractivity contribution < 1.29 is 14.0 Å². The molecule has 2 aliphatic heterocycles. The summed E-state index contributed by atoms with van der Waals surface area (Å²) < 4.78 is 13.6. The maximum Gasteiger partial charge on any atom is 0.234 e. The molecule has 0 spiro atoms. The molecule has 2 atom stereocenters. The standard InChI is InChI=1S/C12H12FN3O2/c1-15-11(17)7-5-16(6-8(7)12(15)18)10-9(13)3-2-4-14-10/h2-4,7-8H,5-6H2,1H3/t7-,8+. The summed E-state index contributed by atoms with van der Waals surface area (Å²) in [6.07, 6.45) is 1.50. The molecule has 0 N–H and O–H groups in total. The van der Waals surface area contributed by atoms with Gasteiger partial charge in [0.2, 0.25) is 11.8 Å². The number of halogens is 1. The van der Waals surface area contributed by atoms with Crippen LogP contribution in [-0.2, 0) is 9.59 Å². The van der Waals surface area contributed by atoms with Crippen LogP contribution in [0.1, 0.15) is 0 Å². The van der Waals surface area contributed by atoms with Gasteiger partial charge < -0.3 is 4.90 Å². The summed E-state index contributed by atoms with van der Waals surface area (Å²) in [4.78, 5) is 30.5. The summed E-state index contributed by atoms with van der Waals surface area (Å²) in [6, 6.07) is 2.84. The zero-order chi connectivity index (χ0) is 12.9. The Morgan fingerprint density at radius 3 is 2.44 bits per heavy atom. The first-order valence-corrected chi connectivity index (χ1v) is 5.76. The van der Waals surface area contributed by atoms with Crippen LogP contribution < -0.4 is 4.90 Å². The molecule has 2 amide bonds. The van der Waals surface area contributed by atoms with Crippen molar-refractivity contribution in [3.8, 4) is 0 Å². The van der Waals surface area contributed by atoms with E-state index in [-0.39, 0.29) is 29.5 Å². The molecule has 0 aromatic carbocycles. The average Bonchev–Trinajstić information content (AvgIpc) is 2.88. The molecule has 2 fully saturated rings. The number of carbonyl (C=O) groups is 2. The Kier molecular flexibility index (Phi) is 2.33. The first kappa shape index (κ1) is 11.1. The van der Waals surface area contributed by atoms with E-state index in [0.29, 0.717) is 13.1 Å². The Labute approximate surface area is 103 Å². The minimum absolute atomic E-state index is 0.177. The number of amides is 2. The third-order valence-corrected chi connectivity index (χ3v) is 3.65. The normalized spacial score (nSPS) is 27.0. The number of hydrogen-bond donors (Lipinski definition) is 0. The van der Waals surface area contributed by atoms with Crippen LogP contribution in [0.2, 0.25) is 0 Å². The van der Waals surface area contributed by atoms with Gasteiger partial charge in [-0.15, -0.1) is 0 Å². The molecule has 94 valence electrons. The molecule has 2 aliphatic rings. The highest BCUT2D eigenvalue weighted by atomic mass is 19.1. The van der Waals surface area contributed by atoms with Crippen LogP contribution in [0.5, 0.6) is 0 Å². The van der Waals surface area contributed by atoms with Gasteiger partial charge in [-0.3, -0.25) is 14.5 Å². The molecular weight excluding hydrogens is 237 g/mol. The molecular formula is C12H12FN3O2. The third kappa shape index (κ3) is 1.41. The predicted molar refractivity (Wildman–Crippen MR) is 61.2 cm³/mol. The van der Waals surface area contributed by atoms with Gasteiger partial charge in [-0.05, 0) is 12.1 Å². The van der Waals surface area contributed by atoms with E-state index in [4.69, 9.17) is 0 Å². The van der Waals surface area contributed by atoms with E-state index >= 15 is 0 Å². The van der Waals surface area contributed by atoms with Crippen molar-refractivity contribution in [1.29, 1.82) is 0 Å². The van der Waals surface area contributed by atoms with Gasteiger partial charge in [-0.1, -0.05) is 0 Å². The van der Waals surface area contributed by atoms with Crippen LogP contribution >= 0.6 is 0 Å². The van der Waals surface area contributed by atoms with Crippen molar-refractivity contribution >= 4 is 17.6 Å². The second-order valence-electron chi connectivity index (χ2n) is 4.66. The van der Waals surface area contributed by atoms with Gasteiger partial charge in [0.1, 0.15) is 0 Å². The molecule has 2 saturated heterocycles. The number of anilines is 1. The van der Waals surface area contributed by atoms with E-state index in [9.17, 15) is 14.0 Å². The van der Waals surface area contributed by atoms with Gasteiger partial charge in [0.05, 0.1) is 11.8 Å². The van der Waals surface area contributed by atoms with Gasteiger partial charge in [-0.2, -0.15) is 0 Å². The minimum Gasteiger partial charge on any atom is -0.353 e. The van der Waals surface area contributed by atoms with Gasteiger partial charge in [0.15, 0.2) is 11.6 Å². The van der Waals surface area contributed by atoms with E-state index in [1.807, 2.05) is 0 Å². The molecule has 1 aromatic rings. The van der Waals surface area contributed by atoms with Crippen molar-refractivity contribution in [3.05, 3.63) is 24.1 Å². The van der Waals surface area contributed by atoms with Gasteiger partial charge in [-0.25, -0.2) is 9.37 Å².